The van der Waals surface area contributed by atoms with Gasteiger partial charge in [0.05, 0.1) is 48.3 Å². The molecule has 2 aliphatic rings. The van der Waals surface area contributed by atoms with Gasteiger partial charge < -0.3 is 49.3 Å². The highest BCUT2D eigenvalue weighted by atomic mass is 16.5. The number of hydrogen-bond donors (Lipinski definition) is 6. The van der Waals surface area contributed by atoms with Crippen molar-refractivity contribution < 1.29 is 39.4 Å². The van der Waals surface area contributed by atoms with Crippen molar-refractivity contribution in [3.63, 3.8) is 0 Å². The first-order valence-electron chi connectivity index (χ1n) is 24.3. The van der Waals surface area contributed by atoms with Gasteiger partial charge in [-0.2, -0.15) is 0 Å². The molecule has 5 heterocycles. The van der Waals surface area contributed by atoms with Crippen molar-refractivity contribution in [1.29, 1.82) is 0 Å². The lowest BCUT2D eigenvalue weighted by molar-refractivity contribution is 0.281. The van der Waals surface area contributed by atoms with Crippen molar-refractivity contribution in [3.8, 4) is 91.5 Å². The molecule has 6 N–H and O–H groups in total. The Kier molecular flexibility index (Phi) is 11.6. The van der Waals surface area contributed by atoms with Crippen LogP contribution >= 0.6 is 0 Å². The predicted molar refractivity (Wildman–Crippen MR) is 286 cm³/mol. The number of hydrogen-bond acceptors (Lipinski definition) is 14. The van der Waals surface area contributed by atoms with Crippen molar-refractivity contribution in [2.75, 3.05) is 0 Å². The minimum atomic E-state index is -0.169. The van der Waals surface area contributed by atoms with Crippen LogP contribution in [0.1, 0.15) is 22.3 Å². The quantitative estimate of drug-likeness (QED) is 0.0669. The third-order valence-electron chi connectivity index (χ3n) is 13.0. The summed E-state index contributed by atoms with van der Waals surface area (Å²) in [4.78, 5) is 38.6. The number of aromatic nitrogens is 8. The van der Waals surface area contributed by atoms with E-state index in [1.54, 1.807) is 24.3 Å². The lowest BCUT2D eigenvalue weighted by Crippen LogP contribution is -1.91. The molecule has 3 aromatic heterocycles. The van der Waals surface area contributed by atoms with E-state index >= 15 is 0 Å². The summed E-state index contributed by atoms with van der Waals surface area (Å²) in [5.41, 5.74) is 6.54. The second kappa shape index (κ2) is 19.2. The van der Waals surface area contributed by atoms with Crippen molar-refractivity contribution >= 4 is 44.1 Å². The Morgan fingerprint density at radius 3 is 1.00 bits per heavy atom. The number of aromatic amines is 2. The molecule has 16 heteroatoms. The number of aliphatic hydroxyl groups is 4. The number of aliphatic hydroxyl groups excluding tert-OH is 4. The first-order valence-corrected chi connectivity index (χ1v) is 24.3. The molecule has 8 aromatic carbocycles. The van der Waals surface area contributed by atoms with E-state index in [-0.39, 0.29) is 38.1 Å². The summed E-state index contributed by atoms with van der Waals surface area (Å²) in [6, 6.07) is 51.3. The Hall–Kier alpha value is -9.84. The van der Waals surface area contributed by atoms with E-state index in [0.29, 0.717) is 146 Å². The summed E-state index contributed by atoms with van der Waals surface area (Å²) in [7, 11) is 0. The topological polar surface area (TPSA) is 227 Å². The number of H-pyrrole nitrogens is 2. The second-order valence-corrected chi connectivity index (χ2v) is 18.0. The molecular weight excluding hydrogens is 961 g/mol. The van der Waals surface area contributed by atoms with E-state index in [0.717, 1.165) is 0 Å². The van der Waals surface area contributed by atoms with Gasteiger partial charge in [0.2, 0.25) is 0 Å². The maximum absolute atomic E-state index is 10.0. The molecule has 16 nitrogen and oxygen atoms in total. The average Bonchev–Trinajstić information content (AvgIpc) is 4.23. The van der Waals surface area contributed by atoms with Crippen molar-refractivity contribution in [2.45, 2.75) is 26.4 Å². The second-order valence-electron chi connectivity index (χ2n) is 18.0. The first-order chi connectivity index (χ1) is 37.4. The Bertz CT molecular complexity index is 4020. The van der Waals surface area contributed by atoms with Gasteiger partial charge in [0.1, 0.15) is 68.6 Å². The molecule has 0 unspecified atom stereocenters. The summed E-state index contributed by atoms with van der Waals surface area (Å²) >= 11 is 0. The van der Waals surface area contributed by atoms with Gasteiger partial charge in [-0.25, -0.2) is 29.9 Å². The molecule has 0 amide bonds. The monoisotopic (exact) mass is 1000 g/mol. The number of nitrogens with one attached hydrogen (secondary N) is 2. The Morgan fingerprint density at radius 2 is 0.632 bits per heavy atom. The van der Waals surface area contributed by atoms with Crippen LogP contribution in [0.15, 0.2) is 170 Å². The highest BCUT2D eigenvalue weighted by Crippen LogP contribution is 2.46. The van der Waals surface area contributed by atoms with Gasteiger partial charge in [0.15, 0.2) is 23.3 Å². The van der Waals surface area contributed by atoms with Crippen LogP contribution < -0.4 is 18.9 Å². The predicted octanol–water partition coefficient (Wildman–Crippen LogP) is 12.0. The van der Waals surface area contributed by atoms with E-state index in [2.05, 4.69) is 9.97 Å². The number of rotatable bonds is 12. The molecule has 0 radical (unpaired) electrons. The third-order valence-corrected chi connectivity index (χ3v) is 13.0. The van der Waals surface area contributed by atoms with E-state index in [1.165, 1.54) is 0 Å². The summed E-state index contributed by atoms with van der Waals surface area (Å²) in [6.45, 7) is -0.674. The molecule has 0 atom stereocenters. The van der Waals surface area contributed by atoms with Crippen LogP contribution in [-0.4, -0.2) is 60.3 Å². The highest BCUT2D eigenvalue weighted by molar-refractivity contribution is 6.10. The number of fused-ring (bicyclic) bond motifs is 20. The summed E-state index contributed by atoms with van der Waals surface area (Å²) < 4.78 is 26.5. The molecule has 76 heavy (non-hydrogen) atoms. The van der Waals surface area contributed by atoms with Crippen LogP contribution in [0.2, 0.25) is 0 Å². The van der Waals surface area contributed by atoms with Crippen LogP contribution in [-0.2, 0) is 26.4 Å². The van der Waals surface area contributed by atoms with Crippen LogP contribution in [0.5, 0.6) is 46.0 Å². The summed E-state index contributed by atoms with van der Waals surface area (Å²) in [6.07, 6.45) is 0. The lowest BCUT2D eigenvalue weighted by Gasteiger charge is -2.11. The Balaban J connectivity index is 1.13. The van der Waals surface area contributed by atoms with Crippen LogP contribution in [0.3, 0.4) is 0 Å². The first kappa shape index (κ1) is 46.0. The van der Waals surface area contributed by atoms with Gasteiger partial charge in [-0.05, 0) is 95.1 Å². The molecule has 13 rings (SSSR count). The largest absolute Gasteiger partial charge is 0.457 e. The van der Waals surface area contributed by atoms with Gasteiger partial charge in [-0.15, -0.1) is 0 Å². The summed E-state index contributed by atoms with van der Waals surface area (Å²) in [5.74, 6) is 4.92. The molecule has 2 aliphatic heterocycles. The third kappa shape index (κ3) is 8.44. The number of benzene rings is 8. The van der Waals surface area contributed by atoms with Gasteiger partial charge in [-0.1, -0.05) is 97.1 Å². The van der Waals surface area contributed by atoms with Gasteiger partial charge in [0, 0.05) is 21.9 Å². The van der Waals surface area contributed by atoms with Crippen molar-refractivity contribution in [2.24, 2.45) is 0 Å². The zero-order valence-corrected chi connectivity index (χ0v) is 40.1. The van der Waals surface area contributed by atoms with Crippen molar-refractivity contribution in [3.05, 3.63) is 192 Å². The molecule has 8 bridgehead atoms. The molecule has 11 aromatic rings. The zero-order valence-electron chi connectivity index (χ0n) is 40.1. The van der Waals surface area contributed by atoms with Gasteiger partial charge in [0.25, 0.3) is 0 Å². The molecule has 0 fully saturated rings. The van der Waals surface area contributed by atoms with E-state index in [1.807, 2.05) is 146 Å². The number of ether oxygens (including phenoxy) is 4. The lowest BCUT2D eigenvalue weighted by atomic mass is 10.1. The molecule has 0 aliphatic carbocycles. The fourth-order valence-electron chi connectivity index (χ4n) is 9.54. The number of nitrogens with zero attached hydrogens (tertiary/aromatic N) is 6. The Morgan fingerprint density at radius 1 is 0.316 bits per heavy atom. The molecule has 0 saturated heterocycles. The van der Waals surface area contributed by atoms with Gasteiger partial charge in [-0.3, -0.25) is 0 Å². The minimum absolute atomic E-state index is 0.168. The smallest absolute Gasteiger partial charge is 0.168 e. The summed E-state index contributed by atoms with van der Waals surface area (Å²) in [5, 5.41) is 42.5. The molecular formula is C60H42N8O8. The standard InChI is InChI=1S/C60H42N8O8/c69-29-33-9-1-13-37(25-33)73-45-21-5-17-41-49(45)57-61-53(41)66-58-51-43(19-7-23-47(51)75-39-15-3-11-35(27-39)31-71)55(63-58)68-60-52-44(20-8-24-48(52)76-40-16-4-12-36(28-40)32-72)56(64-60)67-59-50-42(54(62-59)65-57)18-6-22-46(50)74-38-14-2-10-34(26-38)30-70/h1-28,69-72H,29-32H2,(H2,61,62,63,64,65,66,67,68). The molecule has 370 valence electrons. The van der Waals surface area contributed by atoms with E-state index in [9.17, 15) is 20.4 Å². The highest BCUT2D eigenvalue weighted by Gasteiger charge is 2.28. The van der Waals surface area contributed by atoms with Crippen molar-refractivity contribution in [1.82, 2.24) is 39.9 Å². The Labute approximate surface area is 431 Å². The van der Waals surface area contributed by atoms with E-state index < -0.39 is 0 Å². The maximum atomic E-state index is 10.0. The normalized spacial score (nSPS) is 11.6. The average molecular weight is 1000 g/mol. The van der Waals surface area contributed by atoms with Crippen LogP contribution in [0.25, 0.3) is 89.7 Å². The molecule has 0 spiro atoms. The molecule has 0 saturated carbocycles. The maximum Gasteiger partial charge on any atom is 0.168 e. The fraction of sp³-hybridized carbons (Fsp3) is 0.0667. The van der Waals surface area contributed by atoms with E-state index in [4.69, 9.17) is 48.9 Å². The zero-order chi connectivity index (χ0) is 51.3. The fourth-order valence-corrected chi connectivity index (χ4v) is 9.54. The minimum Gasteiger partial charge on any atom is -0.457 e. The van der Waals surface area contributed by atoms with Gasteiger partial charge >= 0.3 is 0 Å². The SMILES string of the molecule is OCc1cccc(Oc2cccc3c2-c2nc-3nc3[nH]c(nc4nc(nc5[nH]c(n2)c2cccc(Oc6cccc(CO)c6)c52)-c2cccc(Oc5cccc(CO)c5)c2-4)c2cccc(Oc4cccc(CO)c4)c32)c1. The van der Waals surface area contributed by atoms with Crippen LogP contribution in [0.4, 0.5) is 0 Å². The van der Waals surface area contributed by atoms with Crippen LogP contribution in [0, 0.1) is 0 Å².